The normalized spacial score (nSPS) is 10.7. The minimum absolute atomic E-state index is 0.0575. The first-order valence-corrected chi connectivity index (χ1v) is 6.94. The van der Waals surface area contributed by atoms with Crippen LogP contribution in [0.2, 0.25) is 0 Å². The Morgan fingerprint density at radius 3 is 2.89 bits per heavy atom. The number of furan rings is 1. The van der Waals surface area contributed by atoms with Gasteiger partial charge in [-0.15, -0.1) is 0 Å². The van der Waals surface area contributed by atoms with Gasteiger partial charge in [-0.25, -0.2) is 4.98 Å². The number of aryl methyl sites for hydroxylation is 2. The second-order valence-corrected chi connectivity index (χ2v) is 5.31. The minimum atomic E-state index is 0.0575. The highest BCUT2D eigenvalue weighted by Crippen LogP contribution is 2.15. The summed E-state index contributed by atoms with van der Waals surface area (Å²) >= 11 is 1.44. The molecule has 0 bridgehead atoms. The van der Waals surface area contributed by atoms with Crippen LogP contribution in [0.15, 0.2) is 34.1 Å². The lowest BCUT2D eigenvalue weighted by Crippen LogP contribution is -2.27. The van der Waals surface area contributed by atoms with E-state index < -0.39 is 0 Å². The fourth-order valence-corrected chi connectivity index (χ4v) is 2.49. The molecule has 2 rings (SSSR count). The molecule has 0 unspecified atom stereocenters. The smallest absolute Gasteiger partial charge is 0.233 e. The Morgan fingerprint density at radius 2 is 2.32 bits per heavy atom. The molecule has 19 heavy (non-hydrogen) atoms. The van der Waals surface area contributed by atoms with E-state index in [2.05, 4.69) is 4.98 Å². The maximum atomic E-state index is 12.0. The predicted octanol–water partition coefficient (Wildman–Crippen LogP) is 2.07. The van der Waals surface area contributed by atoms with Crippen molar-refractivity contribution >= 4 is 17.7 Å². The van der Waals surface area contributed by atoms with E-state index in [0.29, 0.717) is 12.3 Å². The SMILES string of the molecule is Cc1ccc(CN(C)C(=O)CSc2nccn2C)o1. The summed E-state index contributed by atoms with van der Waals surface area (Å²) in [5, 5.41) is 0.843. The van der Waals surface area contributed by atoms with Gasteiger partial charge in [-0.05, 0) is 19.1 Å². The maximum Gasteiger partial charge on any atom is 0.233 e. The van der Waals surface area contributed by atoms with Crippen molar-refractivity contribution < 1.29 is 9.21 Å². The molecule has 0 saturated carbocycles. The highest BCUT2D eigenvalue weighted by atomic mass is 32.2. The molecule has 5 nitrogen and oxygen atoms in total. The molecule has 0 N–H and O–H groups in total. The van der Waals surface area contributed by atoms with Crippen molar-refractivity contribution in [3.05, 3.63) is 36.0 Å². The van der Waals surface area contributed by atoms with Gasteiger partial charge in [0.2, 0.25) is 5.91 Å². The van der Waals surface area contributed by atoms with Gasteiger partial charge >= 0.3 is 0 Å². The van der Waals surface area contributed by atoms with Crippen LogP contribution in [-0.4, -0.2) is 33.2 Å². The molecule has 1 amide bonds. The predicted molar refractivity (Wildman–Crippen MR) is 73.9 cm³/mol. The van der Waals surface area contributed by atoms with Crippen LogP contribution >= 0.6 is 11.8 Å². The highest BCUT2D eigenvalue weighted by molar-refractivity contribution is 7.99. The fourth-order valence-electron chi connectivity index (χ4n) is 1.62. The van der Waals surface area contributed by atoms with E-state index in [1.54, 1.807) is 18.1 Å². The summed E-state index contributed by atoms with van der Waals surface area (Å²) in [7, 11) is 3.69. The van der Waals surface area contributed by atoms with Gasteiger partial charge < -0.3 is 13.9 Å². The van der Waals surface area contributed by atoms with E-state index in [-0.39, 0.29) is 5.91 Å². The number of hydrogen-bond acceptors (Lipinski definition) is 4. The Bertz CT molecular complexity index is 562. The van der Waals surface area contributed by atoms with Crippen LogP contribution < -0.4 is 0 Å². The second-order valence-electron chi connectivity index (χ2n) is 4.37. The fraction of sp³-hybridized carbons (Fsp3) is 0.385. The van der Waals surface area contributed by atoms with Crippen molar-refractivity contribution in [2.45, 2.75) is 18.6 Å². The first-order valence-electron chi connectivity index (χ1n) is 5.95. The summed E-state index contributed by atoms with van der Waals surface area (Å²) in [4.78, 5) is 17.8. The summed E-state index contributed by atoms with van der Waals surface area (Å²) in [6.07, 6.45) is 3.59. The number of amides is 1. The van der Waals surface area contributed by atoms with Gasteiger partial charge in [-0.2, -0.15) is 0 Å². The van der Waals surface area contributed by atoms with Gasteiger partial charge in [0.1, 0.15) is 11.5 Å². The molecule has 0 spiro atoms. The molecule has 0 atom stereocenters. The summed E-state index contributed by atoms with van der Waals surface area (Å²) in [6.45, 7) is 2.38. The van der Waals surface area contributed by atoms with E-state index in [0.717, 1.165) is 16.7 Å². The van der Waals surface area contributed by atoms with Gasteiger partial charge in [0.25, 0.3) is 0 Å². The van der Waals surface area contributed by atoms with Crippen LogP contribution in [0.4, 0.5) is 0 Å². The Hall–Kier alpha value is -1.69. The zero-order chi connectivity index (χ0) is 13.8. The molecule has 0 aliphatic heterocycles. The van der Waals surface area contributed by atoms with Crippen molar-refractivity contribution in [1.29, 1.82) is 0 Å². The number of rotatable bonds is 5. The van der Waals surface area contributed by atoms with Gasteiger partial charge in [0.15, 0.2) is 5.16 Å². The van der Waals surface area contributed by atoms with Crippen molar-refractivity contribution in [3.63, 3.8) is 0 Å². The van der Waals surface area contributed by atoms with Gasteiger partial charge in [-0.3, -0.25) is 4.79 Å². The molecule has 2 aromatic rings. The molecule has 0 aliphatic rings. The number of imidazole rings is 1. The Balaban J connectivity index is 1.84. The third-order valence-corrected chi connectivity index (χ3v) is 3.76. The van der Waals surface area contributed by atoms with Crippen LogP contribution in [0.25, 0.3) is 0 Å². The molecule has 0 saturated heterocycles. The second kappa shape index (κ2) is 5.97. The van der Waals surface area contributed by atoms with Gasteiger partial charge in [0.05, 0.1) is 12.3 Å². The van der Waals surface area contributed by atoms with Gasteiger partial charge in [-0.1, -0.05) is 11.8 Å². The largest absolute Gasteiger partial charge is 0.464 e. The molecule has 102 valence electrons. The van der Waals surface area contributed by atoms with E-state index in [1.807, 2.05) is 36.9 Å². The summed E-state index contributed by atoms with van der Waals surface area (Å²) in [5.74, 6) is 2.09. The van der Waals surface area contributed by atoms with Crippen LogP contribution in [-0.2, 0) is 18.4 Å². The summed E-state index contributed by atoms with van der Waals surface area (Å²) in [6, 6.07) is 3.79. The number of nitrogens with zero attached hydrogens (tertiary/aromatic N) is 3. The number of thioether (sulfide) groups is 1. The Morgan fingerprint density at radius 1 is 1.53 bits per heavy atom. The first-order chi connectivity index (χ1) is 9.06. The maximum absolute atomic E-state index is 12.0. The van der Waals surface area contributed by atoms with Crippen LogP contribution in [0.3, 0.4) is 0 Å². The molecule has 2 heterocycles. The van der Waals surface area contributed by atoms with Crippen molar-refractivity contribution in [3.8, 4) is 0 Å². The van der Waals surface area contributed by atoms with Crippen molar-refractivity contribution in [2.75, 3.05) is 12.8 Å². The number of carbonyl (C=O) groups excluding carboxylic acids is 1. The monoisotopic (exact) mass is 279 g/mol. The van der Waals surface area contributed by atoms with Crippen molar-refractivity contribution in [1.82, 2.24) is 14.5 Å². The van der Waals surface area contributed by atoms with Crippen LogP contribution in [0.1, 0.15) is 11.5 Å². The molecule has 0 fully saturated rings. The van der Waals surface area contributed by atoms with Crippen molar-refractivity contribution in [2.24, 2.45) is 7.05 Å². The van der Waals surface area contributed by atoms with Gasteiger partial charge in [0, 0.05) is 26.5 Å². The minimum Gasteiger partial charge on any atom is -0.464 e. The summed E-state index contributed by atoms with van der Waals surface area (Å²) < 4.78 is 7.35. The van der Waals surface area contributed by atoms with E-state index in [9.17, 15) is 4.79 Å². The Labute approximate surface area is 116 Å². The quantitative estimate of drug-likeness (QED) is 0.786. The molecule has 0 aromatic carbocycles. The number of hydrogen-bond donors (Lipinski definition) is 0. The first kappa shape index (κ1) is 13.7. The zero-order valence-corrected chi connectivity index (χ0v) is 12.1. The number of aromatic nitrogens is 2. The van der Waals surface area contributed by atoms with E-state index in [4.69, 9.17) is 4.42 Å². The third kappa shape index (κ3) is 3.64. The average Bonchev–Trinajstić information content (AvgIpc) is 2.95. The lowest BCUT2D eigenvalue weighted by atomic mass is 10.4. The third-order valence-electron chi connectivity index (χ3n) is 2.72. The van der Waals surface area contributed by atoms with E-state index in [1.165, 1.54) is 11.8 Å². The molecule has 2 aromatic heterocycles. The lowest BCUT2D eigenvalue weighted by Gasteiger charge is -2.15. The van der Waals surface area contributed by atoms with Crippen LogP contribution in [0, 0.1) is 6.92 Å². The van der Waals surface area contributed by atoms with Crippen LogP contribution in [0.5, 0.6) is 0 Å². The Kier molecular flexibility index (Phi) is 4.31. The standard InChI is InChI=1S/C13H17N3O2S/c1-10-4-5-11(18-10)8-16(3)12(17)9-19-13-14-6-7-15(13)2/h4-7H,8-9H2,1-3H3. The lowest BCUT2D eigenvalue weighted by molar-refractivity contribution is -0.127. The molecular formula is C13H17N3O2S. The molecule has 6 heteroatoms. The van der Waals surface area contributed by atoms with E-state index >= 15 is 0 Å². The topological polar surface area (TPSA) is 51.3 Å². The molecule has 0 radical (unpaired) electrons. The molecular weight excluding hydrogens is 262 g/mol. The zero-order valence-electron chi connectivity index (χ0n) is 11.3. The average molecular weight is 279 g/mol. The summed E-state index contributed by atoms with van der Waals surface area (Å²) in [5.41, 5.74) is 0. The highest BCUT2D eigenvalue weighted by Gasteiger charge is 2.12. The number of carbonyl (C=O) groups is 1. The molecule has 0 aliphatic carbocycles.